The second kappa shape index (κ2) is 9.18. The molecule has 0 unspecified atom stereocenters. The van der Waals surface area contributed by atoms with E-state index in [1.165, 1.54) is 16.7 Å². The van der Waals surface area contributed by atoms with Gasteiger partial charge in [-0.2, -0.15) is 0 Å². The van der Waals surface area contributed by atoms with Crippen molar-refractivity contribution in [1.29, 1.82) is 0 Å². The summed E-state index contributed by atoms with van der Waals surface area (Å²) >= 11 is 0. The summed E-state index contributed by atoms with van der Waals surface area (Å²) in [7, 11) is 0. The van der Waals surface area contributed by atoms with Gasteiger partial charge in [0.2, 0.25) is 0 Å². The molecule has 0 spiro atoms. The molecule has 2 aromatic carbocycles. The zero-order chi connectivity index (χ0) is 21.0. The topological polar surface area (TPSA) is 42.8 Å². The number of β-amino-alcohol motifs (C(OH)–C–C–N with tert-alkyl or cyclic N) is 1. The Labute approximate surface area is 184 Å². The van der Waals surface area contributed by atoms with Gasteiger partial charge in [-0.1, -0.05) is 60.7 Å². The largest absolute Gasteiger partial charge is 0.390 e. The summed E-state index contributed by atoms with van der Waals surface area (Å²) in [4.78, 5) is 11.7. The van der Waals surface area contributed by atoms with Crippen LogP contribution < -0.4 is 4.90 Å². The first-order valence-corrected chi connectivity index (χ1v) is 11.2. The molecule has 2 atom stereocenters. The van der Waals surface area contributed by atoms with Gasteiger partial charge in [-0.15, -0.1) is 0 Å². The van der Waals surface area contributed by atoms with Crippen molar-refractivity contribution < 1.29 is 5.11 Å². The molecule has 31 heavy (non-hydrogen) atoms. The molecular formula is C26H30N4O. The summed E-state index contributed by atoms with van der Waals surface area (Å²) in [6, 6.07) is 25.6. The molecule has 2 saturated heterocycles. The van der Waals surface area contributed by atoms with Gasteiger partial charge in [-0.3, -0.25) is 9.80 Å². The highest BCUT2D eigenvalue weighted by molar-refractivity contribution is 5.63. The molecule has 5 heteroatoms. The number of hydrogen-bond donors (Lipinski definition) is 1. The monoisotopic (exact) mass is 414 g/mol. The standard InChI is InChI=1S/C26H30N4O/c31-25-20-28(18-21-9-11-23(12-10-21)22-6-2-1-3-7-22)19-24(25)29-14-16-30(17-15-29)26-8-4-5-13-27-26/h1-13,24-25,31H,14-20H2/t24-,25-/m1/s1. The number of hydrogen-bond acceptors (Lipinski definition) is 5. The third-order valence-corrected chi connectivity index (χ3v) is 6.56. The summed E-state index contributed by atoms with van der Waals surface area (Å²) < 4.78 is 0. The van der Waals surface area contributed by atoms with E-state index >= 15 is 0 Å². The Bertz CT molecular complexity index is 956. The molecule has 5 rings (SSSR count). The van der Waals surface area contributed by atoms with E-state index in [2.05, 4.69) is 74.3 Å². The van der Waals surface area contributed by atoms with Gasteiger partial charge in [0.25, 0.3) is 0 Å². The number of likely N-dealkylation sites (tertiary alicyclic amines) is 1. The third-order valence-electron chi connectivity index (χ3n) is 6.56. The molecule has 0 radical (unpaired) electrons. The Kier molecular flexibility index (Phi) is 5.98. The van der Waals surface area contributed by atoms with E-state index in [1.807, 2.05) is 24.4 Å². The van der Waals surface area contributed by atoms with Gasteiger partial charge in [-0.25, -0.2) is 4.98 Å². The van der Waals surface area contributed by atoms with Crippen LogP contribution in [-0.2, 0) is 6.54 Å². The lowest BCUT2D eigenvalue weighted by atomic mass is 10.0. The van der Waals surface area contributed by atoms with Crippen molar-refractivity contribution in [1.82, 2.24) is 14.8 Å². The SMILES string of the molecule is O[C@@H]1CN(Cc2ccc(-c3ccccc3)cc2)C[C@H]1N1CCN(c2ccccn2)CC1. The zero-order valence-electron chi connectivity index (χ0n) is 17.8. The van der Waals surface area contributed by atoms with Crippen molar-refractivity contribution >= 4 is 5.82 Å². The second-order valence-electron chi connectivity index (χ2n) is 8.60. The Balaban J connectivity index is 1.16. The lowest BCUT2D eigenvalue weighted by molar-refractivity contribution is 0.0790. The lowest BCUT2D eigenvalue weighted by Crippen LogP contribution is -2.53. The van der Waals surface area contributed by atoms with Gasteiger partial charge in [0, 0.05) is 58.1 Å². The van der Waals surface area contributed by atoms with Crippen LogP contribution in [0.1, 0.15) is 5.56 Å². The van der Waals surface area contributed by atoms with E-state index < -0.39 is 0 Å². The van der Waals surface area contributed by atoms with Crippen molar-refractivity contribution in [3.05, 3.63) is 84.6 Å². The first-order valence-electron chi connectivity index (χ1n) is 11.2. The number of rotatable bonds is 5. The van der Waals surface area contributed by atoms with E-state index in [-0.39, 0.29) is 12.1 Å². The molecule has 2 aliphatic heterocycles. The van der Waals surface area contributed by atoms with Crippen LogP contribution in [0.2, 0.25) is 0 Å². The molecule has 2 aliphatic rings. The van der Waals surface area contributed by atoms with Crippen LogP contribution in [0.3, 0.4) is 0 Å². The van der Waals surface area contributed by atoms with Gasteiger partial charge in [-0.05, 0) is 28.8 Å². The van der Waals surface area contributed by atoms with E-state index in [1.54, 1.807) is 0 Å². The fourth-order valence-electron chi connectivity index (χ4n) is 4.85. The van der Waals surface area contributed by atoms with Crippen LogP contribution in [0.25, 0.3) is 11.1 Å². The summed E-state index contributed by atoms with van der Waals surface area (Å²) in [6.07, 6.45) is 1.57. The number of anilines is 1. The molecule has 5 nitrogen and oxygen atoms in total. The minimum Gasteiger partial charge on any atom is -0.390 e. The highest BCUT2D eigenvalue weighted by atomic mass is 16.3. The summed E-state index contributed by atoms with van der Waals surface area (Å²) in [5, 5.41) is 10.8. The maximum atomic E-state index is 10.8. The van der Waals surface area contributed by atoms with Gasteiger partial charge in [0.1, 0.15) is 5.82 Å². The summed E-state index contributed by atoms with van der Waals surface area (Å²) in [6.45, 7) is 6.41. The van der Waals surface area contributed by atoms with Crippen molar-refractivity contribution in [2.75, 3.05) is 44.2 Å². The van der Waals surface area contributed by atoms with Crippen LogP contribution >= 0.6 is 0 Å². The van der Waals surface area contributed by atoms with Crippen molar-refractivity contribution in [2.45, 2.75) is 18.7 Å². The van der Waals surface area contributed by atoms with Crippen LogP contribution in [0.4, 0.5) is 5.82 Å². The zero-order valence-corrected chi connectivity index (χ0v) is 17.8. The molecule has 1 N–H and O–H groups in total. The predicted molar refractivity (Wildman–Crippen MR) is 125 cm³/mol. The van der Waals surface area contributed by atoms with E-state index in [9.17, 15) is 5.11 Å². The van der Waals surface area contributed by atoms with Gasteiger partial charge < -0.3 is 10.0 Å². The van der Waals surface area contributed by atoms with Gasteiger partial charge >= 0.3 is 0 Å². The minimum atomic E-state index is -0.287. The Hall–Kier alpha value is -2.73. The highest BCUT2D eigenvalue weighted by Crippen LogP contribution is 2.23. The number of benzene rings is 2. The number of pyridine rings is 1. The number of nitrogens with zero attached hydrogens (tertiary/aromatic N) is 4. The lowest BCUT2D eigenvalue weighted by Gasteiger charge is -2.39. The fraction of sp³-hybridized carbons (Fsp3) is 0.346. The summed E-state index contributed by atoms with van der Waals surface area (Å²) in [5.41, 5.74) is 3.79. The average Bonchev–Trinajstić information content (AvgIpc) is 3.20. The molecule has 3 aromatic rings. The Morgan fingerprint density at radius 2 is 1.48 bits per heavy atom. The van der Waals surface area contributed by atoms with E-state index in [0.29, 0.717) is 0 Å². The number of aliphatic hydroxyl groups excluding tert-OH is 1. The summed E-state index contributed by atoms with van der Waals surface area (Å²) in [5.74, 6) is 1.05. The van der Waals surface area contributed by atoms with Crippen molar-refractivity contribution in [3.63, 3.8) is 0 Å². The van der Waals surface area contributed by atoms with Crippen LogP contribution in [0.15, 0.2) is 79.0 Å². The molecule has 2 fully saturated rings. The van der Waals surface area contributed by atoms with Crippen LogP contribution in [0.5, 0.6) is 0 Å². The fourth-order valence-corrected chi connectivity index (χ4v) is 4.85. The van der Waals surface area contributed by atoms with Gasteiger partial charge in [0.05, 0.1) is 6.10 Å². The average molecular weight is 415 g/mol. The molecule has 0 aliphatic carbocycles. The molecule has 0 saturated carbocycles. The van der Waals surface area contributed by atoms with E-state index in [4.69, 9.17) is 0 Å². The quantitative estimate of drug-likeness (QED) is 0.695. The normalized spacial score (nSPS) is 22.7. The number of aromatic nitrogens is 1. The maximum Gasteiger partial charge on any atom is 0.128 e. The molecule has 1 aromatic heterocycles. The number of aliphatic hydroxyl groups is 1. The molecule has 0 bridgehead atoms. The highest BCUT2D eigenvalue weighted by Gasteiger charge is 2.36. The van der Waals surface area contributed by atoms with Gasteiger partial charge in [0.15, 0.2) is 0 Å². The predicted octanol–water partition coefficient (Wildman–Crippen LogP) is 3.12. The van der Waals surface area contributed by atoms with Crippen LogP contribution in [0, 0.1) is 0 Å². The third kappa shape index (κ3) is 4.64. The molecular weight excluding hydrogens is 384 g/mol. The van der Waals surface area contributed by atoms with E-state index in [0.717, 1.165) is 51.6 Å². The first-order chi connectivity index (χ1) is 15.3. The first kappa shape index (κ1) is 20.2. The smallest absolute Gasteiger partial charge is 0.128 e. The molecule has 160 valence electrons. The van der Waals surface area contributed by atoms with Crippen LogP contribution in [-0.4, -0.2) is 71.3 Å². The number of piperazine rings is 1. The second-order valence-corrected chi connectivity index (χ2v) is 8.60. The Morgan fingerprint density at radius 3 is 2.19 bits per heavy atom. The Morgan fingerprint density at radius 1 is 0.774 bits per heavy atom. The van der Waals surface area contributed by atoms with Crippen molar-refractivity contribution in [3.8, 4) is 11.1 Å². The van der Waals surface area contributed by atoms with Crippen molar-refractivity contribution in [2.24, 2.45) is 0 Å². The molecule has 3 heterocycles. The minimum absolute atomic E-state index is 0.217. The maximum absolute atomic E-state index is 10.8. The molecule has 0 amide bonds.